The average molecular weight is 475 g/mol. The van der Waals surface area contributed by atoms with E-state index in [4.69, 9.17) is 10.5 Å². The standard InChI is InChI=1S/C22H34N4O3.2ClH/c1-15(29-2)20(23)22(28)25-11-16-10-18(14-25)19-7-6-17(21(27)26(19)12-16)13-24-8-4-3-5-9-24;;/h6-7,15-16,18,20H,3-5,8-14,23H2,1-2H3;2*1H/t15-,16+,18-,20+;;/m1../s1. The number of aromatic nitrogens is 1. The van der Waals surface area contributed by atoms with Gasteiger partial charge in [-0.05, 0) is 51.3 Å². The third-order valence-corrected chi connectivity index (χ3v) is 7.00. The summed E-state index contributed by atoms with van der Waals surface area (Å²) in [7, 11) is 1.58. The van der Waals surface area contributed by atoms with Crippen molar-refractivity contribution in [2.45, 2.75) is 63.8 Å². The van der Waals surface area contributed by atoms with Crippen molar-refractivity contribution in [1.82, 2.24) is 14.4 Å². The number of fused-ring (bicyclic) bond motifs is 4. The van der Waals surface area contributed by atoms with E-state index in [1.165, 1.54) is 19.3 Å². The van der Waals surface area contributed by atoms with E-state index >= 15 is 0 Å². The highest BCUT2D eigenvalue weighted by Crippen LogP contribution is 2.35. The van der Waals surface area contributed by atoms with E-state index in [9.17, 15) is 9.59 Å². The largest absolute Gasteiger partial charge is 0.380 e. The van der Waals surface area contributed by atoms with Gasteiger partial charge in [0.05, 0.1) is 6.10 Å². The molecule has 3 aliphatic rings. The van der Waals surface area contributed by atoms with Crippen LogP contribution in [0.5, 0.6) is 0 Å². The number of nitrogens with two attached hydrogens (primary N) is 1. The Kier molecular flexibility index (Phi) is 9.40. The molecule has 0 spiro atoms. The molecule has 4 heterocycles. The fourth-order valence-corrected chi connectivity index (χ4v) is 5.21. The maximum atomic E-state index is 13.2. The van der Waals surface area contributed by atoms with Crippen LogP contribution in [0.15, 0.2) is 16.9 Å². The summed E-state index contributed by atoms with van der Waals surface area (Å²) in [5, 5.41) is 0. The van der Waals surface area contributed by atoms with Crippen LogP contribution in [0.2, 0.25) is 0 Å². The highest BCUT2D eigenvalue weighted by molar-refractivity contribution is 5.85. The van der Waals surface area contributed by atoms with Crippen molar-refractivity contribution >= 4 is 30.7 Å². The zero-order valence-corrected chi connectivity index (χ0v) is 20.1. The number of nitrogens with zero attached hydrogens (tertiary/aromatic N) is 3. The minimum atomic E-state index is -0.645. The average Bonchev–Trinajstić information content (AvgIpc) is 2.75. The van der Waals surface area contributed by atoms with Crippen LogP contribution in [0.4, 0.5) is 0 Å². The molecule has 1 amide bonds. The molecular weight excluding hydrogens is 439 g/mol. The molecule has 0 unspecified atom stereocenters. The minimum absolute atomic E-state index is 0. The van der Waals surface area contributed by atoms with E-state index < -0.39 is 6.04 Å². The van der Waals surface area contributed by atoms with Gasteiger partial charge in [0.25, 0.3) is 5.56 Å². The third-order valence-electron chi connectivity index (χ3n) is 7.00. The molecule has 2 bridgehead atoms. The highest BCUT2D eigenvalue weighted by Gasteiger charge is 2.38. The Morgan fingerprint density at radius 1 is 1.16 bits per heavy atom. The van der Waals surface area contributed by atoms with Crippen LogP contribution in [-0.2, 0) is 22.6 Å². The number of carbonyl (C=O) groups is 1. The van der Waals surface area contributed by atoms with Crippen LogP contribution in [0.1, 0.15) is 49.8 Å². The number of piperidine rings is 2. The fraction of sp³-hybridized carbons (Fsp3) is 0.727. The van der Waals surface area contributed by atoms with Gasteiger partial charge in [0.15, 0.2) is 0 Å². The lowest BCUT2D eigenvalue weighted by molar-refractivity contribution is -0.138. The number of hydrogen-bond acceptors (Lipinski definition) is 5. The SMILES string of the molecule is CO[C@H](C)[C@H](N)C(=O)N1C[C@@H]2C[C@H](C1)c1ccc(CN3CCCCC3)c(=O)n1C2.Cl.Cl. The summed E-state index contributed by atoms with van der Waals surface area (Å²) >= 11 is 0. The van der Waals surface area contributed by atoms with Crippen LogP contribution in [-0.4, -0.2) is 65.7 Å². The molecule has 7 nitrogen and oxygen atoms in total. The number of carbonyl (C=O) groups excluding carboxylic acids is 1. The molecule has 2 saturated heterocycles. The molecule has 0 aromatic carbocycles. The fourth-order valence-electron chi connectivity index (χ4n) is 5.21. The van der Waals surface area contributed by atoms with Gasteiger partial charge in [0.2, 0.25) is 5.91 Å². The second kappa shape index (κ2) is 11.1. The molecule has 0 aliphatic carbocycles. The monoisotopic (exact) mass is 474 g/mol. The maximum Gasteiger partial charge on any atom is 0.255 e. The van der Waals surface area contributed by atoms with Gasteiger partial charge in [-0.25, -0.2) is 0 Å². The van der Waals surface area contributed by atoms with Gasteiger partial charge >= 0.3 is 0 Å². The lowest BCUT2D eigenvalue weighted by Crippen LogP contribution is -2.55. The van der Waals surface area contributed by atoms with E-state index in [1.807, 2.05) is 22.5 Å². The Labute approximate surface area is 197 Å². The quantitative estimate of drug-likeness (QED) is 0.705. The minimum Gasteiger partial charge on any atom is -0.380 e. The van der Waals surface area contributed by atoms with Gasteiger partial charge in [-0.2, -0.15) is 0 Å². The molecule has 9 heteroatoms. The molecule has 1 aromatic heterocycles. The van der Waals surface area contributed by atoms with Crippen LogP contribution in [0, 0.1) is 5.92 Å². The molecule has 0 saturated carbocycles. The van der Waals surface area contributed by atoms with Crippen LogP contribution in [0.3, 0.4) is 0 Å². The third kappa shape index (κ3) is 5.45. The van der Waals surface area contributed by atoms with E-state index in [2.05, 4.69) is 11.0 Å². The summed E-state index contributed by atoms with van der Waals surface area (Å²) in [4.78, 5) is 30.3. The summed E-state index contributed by atoms with van der Waals surface area (Å²) in [6.07, 6.45) is 4.47. The van der Waals surface area contributed by atoms with Crippen molar-refractivity contribution in [2.24, 2.45) is 11.7 Å². The zero-order valence-electron chi connectivity index (χ0n) is 18.5. The molecule has 0 radical (unpaired) electrons. The summed E-state index contributed by atoms with van der Waals surface area (Å²) in [6.45, 7) is 6.74. The number of halogens is 2. The van der Waals surface area contributed by atoms with Crippen LogP contribution < -0.4 is 11.3 Å². The maximum absolute atomic E-state index is 13.2. The number of likely N-dealkylation sites (tertiary alicyclic amines) is 2. The highest BCUT2D eigenvalue weighted by atomic mass is 35.5. The molecule has 3 aliphatic heterocycles. The number of methoxy groups -OCH3 is 1. The predicted molar refractivity (Wildman–Crippen MR) is 126 cm³/mol. The number of amides is 1. The van der Waals surface area contributed by atoms with Gasteiger partial charge in [-0.1, -0.05) is 12.5 Å². The van der Waals surface area contributed by atoms with Crippen molar-refractivity contribution < 1.29 is 9.53 Å². The number of hydrogen-bond donors (Lipinski definition) is 1. The summed E-state index contributed by atoms with van der Waals surface area (Å²) in [5.41, 5.74) is 8.23. The van der Waals surface area contributed by atoms with Gasteiger partial charge in [-0.3, -0.25) is 14.5 Å². The molecular formula is C22H36Cl2N4O3. The van der Waals surface area contributed by atoms with Gasteiger partial charge in [0.1, 0.15) is 6.04 Å². The summed E-state index contributed by atoms with van der Waals surface area (Å²) in [6, 6.07) is 3.49. The molecule has 4 atom stereocenters. The molecule has 2 fully saturated rings. The molecule has 2 N–H and O–H groups in total. The van der Waals surface area contributed by atoms with Crippen LogP contribution in [0.25, 0.3) is 0 Å². The number of pyridine rings is 1. The van der Waals surface area contributed by atoms with Crippen molar-refractivity contribution in [3.8, 4) is 0 Å². The first-order valence-electron chi connectivity index (χ1n) is 11.0. The molecule has 4 rings (SSSR count). The number of rotatable bonds is 5. The Morgan fingerprint density at radius 2 is 1.87 bits per heavy atom. The van der Waals surface area contributed by atoms with Crippen molar-refractivity contribution in [3.63, 3.8) is 0 Å². The molecule has 31 heavy (non-hydrogen) atoms. The van der Waals surface area contributed by atoms with Crippen molar-refractivity contribution in [3.05, 3.63) is 33.7 Å². The molecule has 176 valence electrons. The van der Waals surface area contributed by atoms with Crippen molar-refractivity contribution in [1.29, 1.82) is 0 Å². The Balaban J connectivity index is 0.00000171. The van der Waals surface area contributed by atoms with E-state index in [1.54, 1.807) is 7.11 Å². The normalized spacial score (nSPS) is 24.9. The van der Waals surface area contributed by atoms with Crippen molar-refractivity contribution in [2.75, 3.05) is 33.3 Å². The first-order chi connectivity index (χ1) is 14.0. The van der Waals surface area contributed by atoms with Gasteiger partial charge < -0.3 is 19.9 Å². The van der Waals surface area contributed by atoms with E-state index in [-0.39, 0.29) is 48.3 Å². The Bertz CT molecular complexity index is 812. The summed E-state index contributed by atoms with van der Waals surface area (Å²) in [5.74, 6) is 0.456. The van der Waals surface area contributed by atoms with Gasteiger partial charge in [-0.15, -0.1) is 24.8 Å². The summed E-state index contributed by atoms with van der Waals surface area (Å²) < 4.78 is 7.23. The number of ether oxygens (including phenoxy) is 1. The second-order valence-corrected chi connectivity index (χ2v) is 9.04. The lowest BCUT2D eigenvalue weighted by atomic mass is 9.82. The lowest BCUT2D eigenvalue weighted by Gasteiger charge is -2.44. The van der Waals surface area contributed by atoms with Gasteiger partial charge in [0, 0.05) is 50.5 Å². The second-order valence-electron chi connectivity index (χ2n) is 9.04. The van der Waals surface area contributed by atoms with E-state index in [0.717, 1.165) is 37.3 Å². The molecule has 1 aromatic rings. The Hall–Kier alpha value is -1.12. The zero-order chi connectivity index (χ0) is 20.5. The predicted octanol–water partition coefficient (Wildman–Crippen LogP) is 1.99. The first kappa shape index (κ1) is 26.1. The first-order valence-corrected chi connectivity index (χ1v) is 11.0. The van der Waals surface area contributed by atoms with E-state index in [0.29, 0.717) is 25.6 Å². The van der Waals surface area contributed by atoms with Crippen LogP contribution >= 0.6 is 24.8 Å². The smallest absolute Gasteiger partial charge is 0.255 e. The Morgan fingerprint density at radius 3 is 2.55 bits per heavy atom. The topological polar surface area (TPSA) is 80.8 Å².